The summed E-state index contributed by atoms with van der Waals surface area (Å²) < 4.78 is 19.6. The van der Waals surface area contributed by atoms with Crippen molar-refractivity contribution in [1.82, 2.24) is 0 Å². The Morgan fingerprint density at radius 1 is 1.00 bits per heavy atom. The Morgan fingerprint density at radius 2 is 1.41 bits per heavy atom. The molecule has 0 radical (unpaired) electrons. The Morgan fingerprint density at radius 3 is 1.76 bits per heavy atom. The number of hydrogen-bond donors (Lipinski definition) is 5. The SMILES string of the molecule is O=P(O)(O)C(S)(Sc1ccccc1)P(=O)(O)O. The van der Waals surface area contributed by atoms with Crippen LogP contribution in [-0.4, -0.2) is 23.1 Å². The third kappa shape index (κ3) is 3.36. The van der Waals surface area contributed by atoms with E-state index in [1.165, 1.54) is 12.1 Å². The van der Waals surface area contributed by atoms with Gasteiger partial charge in [-0.1, -0.05) is 30.0 Å². The van der Waals surface area contributed by atoms with Gasteiger partial charge in [-0.3, -0.25) is 9.13 Å². The highest BCUT2D eigenvalue weighted by Gasteiger charge is 2.58. The van der Waals surface area contributed by atoms with Crippen LogP contribution >= 0.6 is 39.6 Å². The van der Waals surface area contributed by atoms with E-state index >= 15 is 0 Å². The molecule has 0 saturated carbocycles. The summed E-state index contributed by atoms with van der Waals surface area (Å²) in [6.45, 7) is 0. The molecule has 0 atom stereocenters. The van der Waals surface area contributed by atoms with Crippen molar-refractivity contribution in [2.45, 2.75) is 8.46 Å². The molecule has 0 heterocycles. The fourth-order valence-corrected chi connectivity index (χ4v) is 4.80. The molecule has 1 aromatic rings. The van der Waals surface area contributed by atoms with Crippen LogP contribution in [0.2, 0.25) is 0 Å². The lowest BCUT2D eigenvalue weighted by Crippen LogP contribution is -2.17. The molecule has 6 nitrogen and oxygen atoms in total. The largest absolute Gasteiger partial charge is 0.364 e. The average molecular weight is 316 g/mol. The van der Waals surface area contributed by atoms with E-state index in [1.807, 2.05) is 0 Å². The summed E-state index contributed by atoms with van der Waals surface area (Å²) in [7, 11) is -10.2. The lowest BCUT2D eigenvalue weighted by Gasteiger charge is -2.28. The van der Waals surface area contributed by atoms with Gasteiger partial charge < -0.3 is 19.6 Å². The fraction of sp³-hybridized carbons (Fsp3) is 0.143. The van der Waals surface area contributed by atoms with Crippen LogP contribution in [0.15, 0.2) is 35.2 Å². The molecule has 0 fully saturated rings. The van der Waals surface area contributed by atoms with Gasteiger partial charge in [0.1, 0.15) is 0 Å². The Hall–Kier alpha value is 0.220. The molecule has 17 heavy (non-hydrogen) atoms. The first-order valence-electron chi connectivity index (χ1n) is 4.15. The zero-order valence-electron chi connectivity index (χ0n) is 8.24. The van der Waals surface area contributed by atoms with Crippen molar-refractivity contribution in [2.75, 3.05) is 0 Å². The van der Waals surface area contributed by atoms with Crippen LogP contribution in [-0.2, 0) is 9.13 Å². The molecule has 0 aliphatic rings. The van der Waals surface area contributed by atoms with Gasteiger partial charge in [-0.05, 0) is 12.1 Å². The molecule has 0 saturated heterocycles. The van der Waals surface area contributed by atoms with E-state index in [2.05, 4.69) is 12.6 Å². The first-order valence-corrected chi connectivity index (χ1v) is 8.64. The number of rotatable bonds is 4. The Kier molecular flexibility index (Phi) is 4.56. The van der Waals surface area contributed by atoms with Gasteiger partial charge in [0.05, 0.1) is 0 Å². The highest BCUT2D eigenvalue weighted by atomic mass is 32.2. The van der Waals surface area contributed by atoms with Crippen LogP contribution in [0.5, 0.6) is 0 Å². The van der Waals surface area contributed by atoms with Crippen molar-refractivity contribution >= 4 is 39.6 Å². The van der Waals surface area contributed by atoms with E-state index in [-0.39, 0.29) is 0 Å². The molecule has 1 rings (SSSR count). The molecule has 0 unspecified atom stereocenters. The minimum atomic E-state index is -5.11. The lowest BCUT2D eigenvalue weighted by molar-refractivity contribution is 0.348. The minimum Gasteiger partial charge on any atom is -0.322 e. The first-order chi connectivity index (χ1) is 7.58. The molecule has 10 heteroatoms. The lowest BCUT2D eigenvalue weighted by atomic mass is 10.4. The summed E-state index contributed by atoms with van der Waals surface area (Å²) in [6.07, 6.45) is 0. The van der Waals surface area contributed by atoms with Crippen LogP contribution in [0, 0.1) is 0 Å². The molecule has 0 aliphatic carbocycles. The third-order valence-corrected chi connectivity index (χ3v) is 9.43. The second-order valence-electron chi connectivity index (χ2n) is 3.08. The second-order valence-corrected chi connectivity index (χ2v) is 10.5. The molecule has 1 aromatic carbocycles. The number of benzene rings is 1. The topological polar surface area (TPSA) is 115 Å². The van der Waals surface area contributed by atoms with E-state index in [0.717, 1.165) is 0 Å². The van der Waals surface area contributed by atoms with Crippen molar-refractivity contribution in [1.29, 1.82) is 0 Å². The number of hydrogen-bond acceptors (Lipinski definition) is 4. The molecule has 96 valence electrons. The second kappa shape index (κ2) is 5.07. The Bertz CT molecular complexity index is 458. The van der Waals surface area contributed by atoms with Crippen molar-refractivity contribution in [3.05, 3.63) is 30.3 Å². The summed E-state index contributed by atoms with van der Waals surface area (Å²) in [5, 5.41) is 0. The van der Waals surface area contributed by atoms with Crippen LogP contribution in [0.1, 0.15) is 0 Å². The molecule has 4 N–H and O–H groups in total. The molecule has 0 amide bonds. The van der Waals surface area contributed by atoms with E-state index in [4.69, 9.17) is 19.6 Å². The van der Waals surface area contributed by atoms with Crippen LogP contribution in [0.3, 0.4) is 0 Å². The number of thioether (sulfide) groups is 1. The van der Waals surface area contributed by atoms with Gasteiger partial charge >= 0.3 is 15.2 Å². The standard InChI is InChI=1S/C7H10O6P2S2/c8-14(9,10)7(16,15(11,12)13)17-6-4-2-1-3-5-6/h1-5,16H,(H2,8,9,10)(H2,11,12,13). The monoisotopic (exact) mass is 316 g/mol. The zero-order chi connectivity index (χ0) is 13.3. The Labute approximate surface area is 107 Å². The third-order valence-electron chi connectivity index (χ3n) is 1.76. The van der Waals surface area contributed by atoms with E-state index < -0.39 is 18.8 Å². The molecule has 0 aromatic heterocycles. The molecule has 0 aliphatic heterocycles. The molecule has 0 bridgehead atoms. The van der Waals surface area contributed by atoms with Crippen molar-refractivity contribution in [3.8, 4) is 0 Å². The van der Waals surface area contributed by atoms with E-state index in [1.54, 1.807) is 18.2 Å². The molecule has 0 spiro atoms. The van der Waals surface area contributed by atoms with Crippen molar-refractivity contribution < 1.29 is 28.7 Å². The van der Waals surface area contributed by atoms with Gasteiger partial charge in [-0.2, -0.15) is 0 Å². The summed E-state index contributed by atoms with van der Waals surface area (Å²) >= 11 is 3.87. The van der Waals surface area contributed by atoms with Crippen LogP contribution < -0.4 is 0 Å². The normalized spacial score (nSPS) is 13.7. The molecular formula is C7H10O6P2S2. The van der Waals surface area contributed by atoms with Crippen molar-refractivity contribution in [3.63, 3.8) is 0 Å². The van der Waals surface area contributed by atoms with Gasteiger partial charge in [0, 0.05) is 4.90 Å². The highest BCUT2D eigenvalue weighted by molar-refractivity contribution is 8.27. The highest BCUT2D eigenvalue weighted by Crippen LogP contribution is 2.77. The van der Waals surface area contributed by atoms with Gasteiger partial charge in [-0.25, -0.2) is 0 Å². The van der Waals surface area contributed by atoms with Crippen molar-refractivity contribution in [2.24, 2.45) is 0 Å². The molecular weight excluding hydrogens is 306 g/mol. The minimum absolute atomic E-state index is 0.300. The van der Waals surface area contributed by atoms with Gasteiger partial charge in [0.15, 0.2) is 0 Å². The van der Waals surface area contributed by atoms with E-state index in [0.29, 0.717) is 16.7 Å². The first kappa shape index (κ1) is 15.3. The predicted molar refractivity (Wildman–Crippen MR) is 68.1 cm³/mol. The Balaban J connectivity index is 3.20. The van der Waals surface area contributed by atoms with Gasteiger partial charge in [0.25, 0.3) is 3.56 Å². The zero-order valence-corrected chi connectivity index (χ0v) is 11.7. The quantitative estimate of drug-likeness (QED) is 0.248. The smallest absolute Gasteiger partial charge is 0.322 e. The summed E-state index contributed by atoms with van der Waals surface area (Å²) in [4.78, 5) is 36.5. The van der Waals surface area contributed by atoms with Gasteiger partial charge in [0.2, 0.25) is 0 Å². The van der Waals surface area contributed by atoms with E-state index in [9.17, 15) is 9.13 Å². The maximum absolute atomic E-state index is 11.2. The summed E-state index contributed by atoms with van der Waals surface area (Å²) in [6, 6.07) is 7.77. The summed E-state index contributed by atoms with van der Waals surface area (Å²) in [5.74, 6) is 0. The maximum Gasteiger partial charge on any atom is 0.364 e. The number of thiol groups is 1. The maximum atomic E-state index is 11.2. The van der Waals surface area contributed by atoms with Gasteiger partial charge in [-0.15, -0.1) is 12.6 Å². The summed E-state index contributed by atoms with van der Waals surface area (Å²) in [5.41, 5.74) is 0. The fourth-order valence-electron chi connectivity index (χ4n) is 0.935. The average Bonchev–Trinajstić information content (AvgIpc) is 2.15. The predicted octanol–water partition coefficient (Wildman–Crippen LogP) is 1.68. The van der Waals surface area contributed by atoms with Crippen LogP contribution in [0.4, 0.5) is 0 Å². The van der Waals surface area contributed by atoms with Crippen LogP contribution in [0.25, 0.3) is 0 Å².